The molecule has 4 aromatic rings. The highest BCUT2D eigenvalue weighted by Gasteiger charge is 2.24. The summed E-state index contributed by atoms with van der Waals surface area (Å²) in [5, 5.41) is 15.4. The molecule has 0 spiro atoms. The average molecular weight is 490 g/mol. The third-order valence-corrected chi connectivity index (χ3v) is 5.47. The Hall–Kier alpha value is -3.90. The number of aliphatic hydroxyl groups is 1. The van der Waals surface area contributed by atoms with Gasteiger partial charge in [-0.1, -0.05) is 36.3 Å². The lowest BCUT2D eigenvalue weighted by Crippen LogP contribution is -2.34. The van der Waals surface area contributed by atoms with E-state index in [2.05, 4.69) is 5.92 Å². The fourth-order valence-corrected chi connectivity index (χ4v) is 3.90. The standard InChI is InChI=1S/C28H28FN3O4/c1-3-15-34-20-23(33)17-32(18-25-10-7-16-35-25)19-26-27(21-8-5-4-6-9-21)30-31(2)28(26)36-24-13-11-22(29)12-14-24/h1,4-14,16,23,33H,15,17-20H2,2H3/t23-/m0/s1. The van der Waals surface area contributed by atoms with Crippen LogP contribution in [-0.4, -0.2) is 45.6 Å². The van der Waals surface area contributed by atoms with Gasteiger partial charge >= 0.3 is 0 Å². The third kappa shape index (κ3) is 6.61. The minimum absolute atomic E-state index is 0.108. The Morgan fingerprint density at radius 1 is 1.11 bits per heavy atom. The van der Waals surface area contributed by atoms with Crippen LogP contribution in [0.1, 0.15) is 11.3 Å². The number of aliphatic hydroxyl groups excluding tert-OH is 1. The molecule has 2 aromatic heterocycles. The SMILES string of the molecule is C#CCOC[C@@H](O)CN(Cc1ccco1)Cc1c(-c2ccccc2)nn(C)c1Oc1ccc(F)cc1. The van der Waals surface area contributed by atoms with Gasteiger partial charge in [-0.25, -0.2) is 9.07 Å². The van der Waals surface area contributed by atoms with Crippen LogP contribution in [0, 0.1) is 18.2 Å². The molecule has 0 saturated carbocycles. The van der Waals surface area contributed by atoms with E-state index in [1.807, 2.05) is 47.4 Å². The van der Waals surface area contributed by atoms with Crippen LogP contribution in [0.15, 0.2) is 77.4 Å². The maximum Gasteiger partial charge on any atom is 0.222 e. The molecule has 0 unspecified atom stereocenters. The van der Waals surface area contributed by atoms with Crippen LogP contribution >= 0.6 is 0 Å². The number of ether oxygens (including phenoxy) is 2. The number of aryl methyl sites for hydroxylation is 1. The number of hydrogen-bond acceptors (Lipinski definition) is 6. The Morgan fingerprint density at radius 2 is 1.89 bits per heavy atom. The van der Waals surface area contributed by atoms with Crippen LogP contribution in [-0.2, 0) is 24.9 Å². The molecule has 0 saturated heterocycles. The summed E-state index contributed by atoms with van der Waals surface area (Å²) in [4.78, 5) is 2.03. The molecule has 0 aliphatic heterocycles. The molecule has 0 bridgehead atoms. The summed E-state index contributed by atoms with van der Waals surface area (Å²) in [7, 11) is 1.80. The molecular weight excluding hydrogens is 461 g/mol. The number of nitrogens with zero attached hydrogens (tertiary/aromatic N) is 3. The van der Waals surface area contributed by atoms with E-state index < -0.39 is 6.10 Å². The van der Waals surface area contributed by atoms with Crippen molar-refractivity contribution in [2.45, 2.75) is 19.2 Å². The van der Waals surface area contributed by atoms with Gasteiger partial charge in [-0.3, -0.25) is 4.90 Å². The van der Waals surface area contributed by atoms with E-state index in [0.29, 0.717) is 31.3 Å². The average Bonchev–Trinajstić information content (AvgIpc) is 3.49. The van der Waals surface area contributed by atoms with Gasteiger partial charge in [0.05, 0.1) is 31.1 Å². The minimum atomic E-state index is -0.772. The molecule has 0 aliphatic rings. The van der Waals surface area contributed by atoms with Gasteiger partial charge in [0, 0.05) is 25.7 Å². The molecule has 0 aliphatic carbocycles. The quantitative estimate of drug-likeness (QED) is 0.231. The third-order valence-electron chi connectivity index (χ3n) is 5.47. The number of rotatable bonds is 12. The van der Waals surface area contributed by atoms with Gasteiger partial charge in [0.1, 0.15) is 29.6 Å². The first kappa shape index (κ1) is 25.2. The molecule has 7 nitrogen and oxygen atoms in total. The number of halogens is 1. The maximum absolute atomic E-state index is 13.5. The highest BCUT2D eigenvalue weighted by atomic mass is 19.1. The molecule has 2 heterocycles. The number of hydrogen-bond donors (Lipinski definition) is 1. The summed E-state index contributed by atoms with van der Waals surface area (Å²) in [5.74, 6) is 3.81. The van der Waals surface area contributed by atoms with E-state index in [0.717, 1.165) is 22.6 Å². The van der Waals surface area contributed by atoms with Crippen molar-refractivity contribution in [3.63, 3.8) is 0 Å². The highest BCUT2D eigenvalue weighted by molar-refractivity contribution is 5.65. The lowest BCUT2D eigenvalue weighted by Gasteiger charge is -2.24. The van der Waals surface area contributed by atoms with E-state index >= 15 is 0 Å². The van der Waals surface area contributed by atoms with Crippen molar-refractivity contribution in [1.82, 2.24) is 14.7 Å². The topological polar surface area (TPSA) is 72.9 Å². The number of aromatic nitrogens is 2. The summed E-state index contributed by atoms with van der Waals surface area (Å²) in [5.41, 5.74) is 2.49. The van der Waals surface area contributed by atoms with Crippen molar-refractivity contribution in [1.29, 1.82) is 0 Å². The van der Waals surface area contributed by atoms with Crippen LogP contribution in [0.4, 0.5) is 4.39 Å². The summed E-state index contributed by atoms with van der Waals surface area (Å²) in [6.07, 6.45) is 6.09. The molecule has 0 radical (unpaired) electrons. The summed E-state index contributed by atoms with van der Waals surface area (Å²) >= 11 is 0. The predicted molar refractivity (Wildman–Crippen MR) is 134 cm³/mol. The van der Waals surface area contributed by atoms with Crippen molar-refractivity contribution in [2.75, 3.05) is 19.8 Å². The Kier molecular flexibility index (Phi) is 8.53. The van der Waals surface area contributed by atoms with Crippen molar-refractivity contribution in [3.8, 4) is 35.2 Å². The number of benzene rings is 2. The molecule has 36 heavy (non-hydrogen) atoms. The largest absolute Gasteiger partial charge is 0.468 e. The zero-order valence-corrected chi connectivity index (χ0v) is 20.0. The Balaban J connectivity index is 1.67. The van der Waals surface area contributed by atoms with Crippen molar-refractivity contribution in [2.24, 2.45) is 7.05 Å². The van der Waals surface area contributed by atoms with E-state index in [1.165, 1.54) is 12.1 Å². The summed E-state index contributed by atoms with van der Waals surface area (Å²) in [6.45, 7) is 1.37. The minimum Gasteiger partial charge on any atom is -0.468 e. The molecule has 8 heteroatoms. The fraction of sp³-hybridized carbons (Fsp3) is 0.250. The monoisotopic (exact) mass is 489 g/mol. The first-order valence-electron chi connectivity index (χ1n) is 11.5. The lowest BCUT2D eigenvalue weighted by atomic mass is 10.1. The van der Waals surface area contributed by atoms with Crippen molar-refractivity contribution in [3.05, 3.63) is 90.1 Å². The van der Waals surface area contributed by atoms with E-state index in [-0.39, 0.29) is 19.0 Å². The Bertz CT molecular complexity index is 1260. The Morgan fingerprint density at radius 3 is 2.58 bits per heavy atom. The zero-order chi connectivity index (χ0) is 25.3. The predicted octanol–water partition coefficient (Wildman–Crippen LogP) is 4.62. The maximum atomic E-state index is 13.5. The molecule has 0 fully saturated rings. The second-order valence-corrected chi connectivity index (χ2v) is 8.30. The Labute approximate surface area is 209 Å². The highest BCUT2D eigenvalue weighted by Crippen LogP contribution is 2.34. The first-order chi connectivity index (χ1) is 17.5. The van der Waals surface area contributed by atoms with Gasteiger partial charge in [0.25, 0.3) is 0 Å². The van der Waals surface area contributed by atoms with Gasteiger partial charge in [-0.05, 0) is 36.4 Å². The summed E-state index contributed by atoms with van der Waals surface area (Å²) in [6, 6.07) is 19.3. The van der Waals surface area contributed by atoms with Crippen LogP contribution in [0.3, 0.4) is 0 Å². The lowest BCUT2D eigenvalue weighted by molar-refractivity contribution is 0.0229. The van der Waals surface area contributed by atoms with Gasteiger partial charge in [0.15, 0.2) is 0 Å². The van der Waals surface area contributed by atoms with Crippen LogP contribution in [0.2, 0.25) is 0 Å². The number of terminal acetylenes is 1. The second-order valence-electron chi connectivity index (χ2n) is 8.30. The van der Waals surface area contributed by atoms with Gasteiger partial charge in [0.2, 0.25) is 5.88 Å². The molecule has 1 atom stereocenters. The molecule has 186 valence electrons. The van der Waals surface area contributed by atoms with Gasteiger partial charge in [-0.15, -0.1) is 6.42 Å². The normalized spacial score (nSPS) is 12.0. The summed E-state index contributed by atoms with van der Waals surface area (Å²) < 4.78 is 32.2. The molecule has 0 amide bonds. The molecule has 1 N–H and O–H groups in total. The molecule has 2 aromatic carbocycles. The van der Waals surface area contributed by atoms with Crippen molar-refractivity contribution >= 4 is 0 Å². The van der Waals surface area contributed by atoms with E-state index in [9.17, 15) is 9.50 Å². The fourth-order valence-electron chi connectivity index (χ4n) is 3.90. The van der Waals surface area contributed by atoms with Crippen molar-refractivity contribution < 1.29 is 23.4 Å². The van der Waals surface area contributed by atoms with E-state index in [1.54, 1.807) is 30.1 Å². The first-order valence-corrected chi connectivity index (χ1v) is 11.5. The zero-order valence-electron chi connectivity index (χ0n) is 20.0. The molecular formula is C28H28FN3O4. The van der Waals surface area contributed by atoms with Crippen LogP contribution in [0.5, 0.6) is 11.6 Å². The number of furan rings is 1. The molecule has 4 rings (SSSR count). The van der Waals surface area contributed by atoms with E-state index in [4.69, 9.17) is 25.4 Å². The van der Waals surface area contributed by atoms with Gasteiger partial charge < -0.3 is 19.0 Å². The van der Waals surface area contributed by atoms with Crippen LogP contribution in [0.25, 0.3) is 11.3 Å². The van der Waals surface area contributed by atoms with Gasteiger partial charge in [-0.2, -0.15) is 5.10 Å². The smallest absolute Gasteiger partial charge is 0.222 e. The van der Waals surface area contributed by atoms with Crippen LogP contribution < -0.4 is 4.74 Å². The second kappa shape index (κ2) is 12.2.